The van der Waals surface area contributed by atoms with Crippen LogP contribution in [0.4, 0.5) is 5.69 Å². The van der Waals surface area contributed by atoms with Crippen molar-refractivity contribution >= 4 is 22.5 Å². The summed E-state index contributed by atoms with van der Waals surface area (Å²) in [4.78, 5) is 39.5. The summed E-state index contributed by atoms with van der Waals surface area (Å²) >= 11 is 0. The highest BCUT2D eigenvalue weighted by molar-refractivity contribution is 5.92. The fraction of sp³-hybridized carbons (Fsp3) is 0.320. The second-order valence-electron chi connectivity index (χ2n) is 8.66. The third-order valence-corrected chi connectivity index (χ3v) is 6.35. The number of amides is 1. The van der Waals surface area contributed by atoms with E-state index in [1.807, 2.05) is 25.1 Å². The molecule has 174 valence electrons. The minimum absolute atomic E-state index is 0.0833. The van der Waals surface area contributed by atoms with Crippen LogP contribution in [0.3, 0.4) is 0 Å². The van der Waals surface area contributed by atoms with E-state index in [4.69, 9.17) is 0 Å². The summed E-state index contributed by atoms with van der Waals surface area (Å²) in [6.45, 7) is 2.98. The van der Waals surface area contributed by atoms with Gasteiger partial charge < -0.3 is 9.88 Å². The van der Waals surface area contributed by atoms with Gasteiger partial charge in [0.05, 0.1) is 10.9 Å². The van der Waals surface area contributed by atoms with E-state index in [-0.39, 0.29) is 18.9 Å². The quantitative estimate of drug-likeness (QED) is 0.477. The predicted octanol–water partition coefficient (Wildman–Crippen LogP) is 3.01. The zero-order valence-corrected chi connectivity index (χ0v) is 19.0. The van der Waals surface area contributed by atoms with Gasteiger partial charge in [0.15, 0.2) is 5.82 Å². The number of hydrogen-bond donors (Lipinski definition) is 2. The lowest BCUT2D eigenvalue weighted by atomic mass is 10.1. The molecule has 0 fully saturated rings. The average Bonchev–Trinajstić information content (AvgIpc) is 3.08. The monoisotopic (exact) mass is 458 g/mol. The topological polar surface area (TPSA) is 115 Å². The molecule has 2 aromatic carbocycles. The molecule has 2 aromatic heterocycles. The molecule has 4 aromatic rings. The van der Waals surface area contributed by atoms with E-state index in [0.717, 1.165) is 48.6 Å². The molecular formula is C25H26N6O3. The van der Waals surface area contributed by atoms with Crippen molar-refractivity contribution in [1.29, 1.82) is 0 Å². The van der Waals surface area contributed by atoms with Crippen LogP contribution in [-0.4, -0.2) is 30.2 Å². The molecule has 9 nitrogen and oxygen atoms in total. The van der Waals surface area contributed by atoms with Crippen molar-refractivity contribution in [3.05, 3.63) is 74.7 Å². The van der Waals surface area contributed by atoms with Crippen LogP contribution in [-0.2, 0) is 24.3 Å². The first-order valence-corrected chi connectivity index (χ1v) is 11.6. The minimum atomic E-state index is -0.526. The molecule has 0 aliphatic carbocycles. The van der Waals surface area contributed by atoms with E-state index in [1.54, 1.807) is 24.3 Å². The van der Waals surface area contributed by atoms with E-state index in [2.05, 4.69) is 25.1 Å². The second-order valence-corrected chi connectivity index (χ2v) is 8.66. The van der Waals surface area contributed by atoms with Gasteiger partial charge in [0.2, 0.25) is 5.91 Å². The lowest BCUT2D eigenvalue weighted by Crippen LogP contribution is -2.31. The maximum atomic E-state index is 12.8. The standard InChI is InChI=1S/C25H26N6O3/c1-16-10-11-17(23-29-28-21-9-3-2-6-13-31(21)23)15-19(16)26-22(32)12-14-30-20-8-5-4-7-18(20)24(33)27-25(30)34/h4-5,7-8,10-11,15H,2-3,6,9,12-14H2,1H3,(H,26,32)(H,27,33,34). The molecule has 1 aliphatic heterocycles. The molecule has 2 N–H and O–H groups in total. The van der Waals surface area contributed by atoms with Crippen molar-refractivity contribution in [3.8, 4) is 11.4 Å². The summed E-state index contributed by atoms with van der Waals surface area (Å²) in [5.74, 6) is 1.61. The Morgan fingerprint density at radius 1 is 1.09 bits per heavy atom. The number of aromatic nitrogens is 5. The van der Waals surface area contributed by atoms with E-state index in [9.17, 15) is 14.4 Å². The number of nitrogens with zero attached hydrogens (tertiary/aromatic N) is 4. The Bertz CT molecular complexity index is 1500. The summed E-state index contributed by atoms with van der Waals surface area (Å²) in [5.41, 5.74) is 2.09. The van der Waals surface area contributed by atoms with Gasteiger partial charge in [-0.1, -0.05) is 30.7 Å². The number of nitrogens with one attached hydrogen (secondary N) is 2. The number of fused-ring (bicyclic) bond motifs is 2. The molecule has 34 heavy (non-hydrogen) atoms. The van der Waals surface area contributed by atoms with Crippen LogP contribution in [0.25, 0.3) is 22.3 Å². The number of hydrogen-bond acceptors (Lipinski definition) is 5. The molecule has 0 saturated heterocycles. The predicted molar refractivity (Wildman–Crippen MR) is 130 cm³/mol. The summed E-state index contributed by atoms with van der Waals surface area (Å²) < 4.78 is 3.60. The average molecular weight is 459 g/mol. The van der Waals surface area contributed by atoms with E-state index in [1.165, 1.54) is 11.0 Å². The Balaban J connectivity index is 1.35. The van der Waals surface area contributed by atoms with Crippen LogP contribution >= 0.6 is 0 Å². The van der Waals surface area contributed by atoms with Crippen LogP contribution in [0.2, 0.25) is 0 Å². The number of benzene rings is 2. The molecular weight excluding hydrogens is 432 g/mol. The largest absolute Gasteiger partial charge is 0.328 e. The lowest BCUT2D eigenvalue weighted by molar-refractivity contribution is -0.116. The molecule has 3 heterocycles. The van der Waals surface area contributed by atoms with Gasteiger partial charge in [-0.3, -0.25) is 19.1 Å². The molecule has 0 spiro atoms. The number of H-pyrrole nitrogens is 1. The molecule has 0 radical (unpaired) electrons. The number of aryl methyl sites for hydroxylation is 3. The summed E-state index contributed by atoms with van der Waals surface area (Å²) in [6.07, 6.45) is 4.43. The normalized spacial score (nSPS) is 13.4. The SMILES string of the molecule is Cc1ccc(-c2nnc3n2CCCCC3)cc1NC(=O)CCn1c(=O)[nH]c(=O)c2ccccc21. The fourth-order valence-electron chi connectivity index (χ4n) is 4.48. The molecule has 9 heteroatoms. The Labute approximate surface area is 195 Å². The first-order chi connectivity index (χ1) is 16.5. The Kier molecular flexibility index (Phi) is 5.83. The maximum absolute atomic E-state index is 12.8. The Morgan fingerprint density at radius 3 is 2.82 bits per heavy atom. The summed E-state index contributed by atoms with van der Waals surface area (Å²) in [6, 6.07) is 12.8. The van der Waals surface area contributed by atoms with Crippen molar-refractivity contribution < 1.29 is 4.79 Å². The number of carbonyl (C=O) groups excluding carboxylic acids is 1. The molecule has 0 bridgehead atoms. The summed E-state index contributed by atoms with van der Waals surface area (Å²) in [7, 11) is 0. The first-order valence-electron chi connectivity index (χ1n) is 11.6. The van der Waals surface area contributed by atoms with Gasteiger partial charge >= 0.3 is 5.69 Å². The number of anilines is 1. The molecule has 0 saturated carbocycles. The van der Waals surface area contributed by atoms with Crippen LogP contribution in [0.5, 0.6) is 0 Å². The van der Waals surface area contributed by atoms with Crippen LogP contribution < -0.4 is 16.6 Å². The van der Waals surface area contributed by atoms with Gasteiger partial charge in [-0.05, 0) is 43.5 Å². The summed E-state index contributed by atoms with van der Waals surface area (Å²) in [5, 5.41) is 12.2. The van der Waals surface area contributed by atoms with Crippen molar-refractivity contribution in [1.82, 2.24) is 24.3 Å². The van der Waals surface area contributed by atoms with Gasteiger partial charge in [0.1, 0.15) is 5.82 Å². The lowest BCUT2D eigenvalue weighted by Gasteiger charge is -2.13. The minimum Gasteiger partial charge on any atom is -0.326 e. The van der Waals surface area contributed by atoms with E-state index in [0.29, 0.717) is 16.6 Å². The number of para-hydroxylation sites is 1. The van der Waals surface area contributed by atoms with Crippen molar-refractivity contribution in [2.24, 2.45) is 0 Å². The van der Waals surface area contributed by atoms with Gasteiger partial charge in [0.25, 0.3) is 5.56 Å². The molecule has 1 amide bonds. The molecule has 1 aliphatic rings. The molecule has 0 atom stereocenters. The third-order valence-electron chi connectivity index (χ3n) is 6.35. The van der Waals surface area contributed by atoms with Crippen LogP contribution in [0.1, 0.15) is 37.1 Å². The molecule has 5 rings (SSSR count). The Hall–Kier alpha value is -4.01. The van der Waals surface area contributed by atoms with Crippen molar-refractivity contribution in [2.45, 2.75) is 52.1 Å². The second kappa shape index (κ2) is 9.09. The highest BCUT2D eigenvalue weighted by Gasteiger charge is 2.17. The number of aromatic amines is 1. The van der Waals surface area contributed by atoms with Gasteiger partial charge in [-0.15, -0.1) is 10.2 Å². The highest BCUT2D eigenvalue weighted by atomic mass is 16.2. The smallest absolute Gasteiger partial charge is 0.326 e. The number of rotatable bonds is 5. The van der Waals surface area contributed by atoms with Gasteiger partial charge in [-0.2, -0.15) is 0 Å². The third kappa shape index (κ3) is 4.16. The highest BCUT2D eigenvalue weighted by Crippen LogP contribution is 2.27. The molecule has 0 unspecified atom stereocenters. The van der Waals surface area contributed by atoms with Crippen molar-refractivity contribution in [3.63, 3.8) is 0 Å². The van der Waals surface area contributed by atoms with Gasteiger partial charge in [-0.25, -0.2) is 4.79 Å². The van der Waals surface area contributed by atoms with E-state index < -0.39 is 11.2 Å². The Morgan fingerprint density at radius 2 is 1.94 bits per heavy atom. The van der Waals surface area contributed by atoms with Gasteiger partial charge in [0, 0.05) is 37.2 Å². The van der Waals surface area contributed by atoms with E-state index >= 15 is 0 Å². The maximum Gasteiger partial charge on any atom is 0.328 e. The fourth-order valence-corrected chi connectivity index (χ4v) is 4.48. The van der Waals surface area contributed by atoms with Crippen LogP contribution in [0, 0.1) is 6.92 Å². The van der Waals surface area contributed by atoms with Crippen molar-refractivity contribution in [2.75, 3.05) is 5.32 Å². The number of carbonyl (C=O) groups is 1. The zero-order valence-electron chi connectivity index (χ0n) is 19.0. The first kappa shape index (κ1) is 21.8. The van der Waals surface area contributed by atoms with Crippen LogP contribution in [0.15, 0.2) is 52.1 Å². The zero-order chi connectivity index (χ0) is 23.7.